The predicted molar refractivity (Wildman–Crippen MR) is 112 cm³/mol. The minimum Gasteiger partial charge on any atom is -0.769 e. The Morgan fingerprint density at radius 1 is 1.17 bits per heavy atom. The first-order valence-electron chi connectivity index (χ1n) is 9.60. The molecule has 0 saturated heterocycles. The number of anilines is 3. The number of Topliss-reactive ketones (excluding diaryl/α,β-unsaturated/α-hetero) is 1. The zero-order valence-electron chi connectivity index (χ0n) is 16.7. The van der Waals surface area contributed by atoms with E-state index in [2.05, 4.69) is 0 Å². The van der Waals surface area contributed by atoms with Crippen LogP contribution < -0.4 is 15.4 Å². The van der Waals surface area contributed by atoms with Gasteiger partial charge in [-0.3, -0.25) is 15.2 Å². The number of hydrogen-bond donors (Lipinski definition) is 2. The smallest absolute Gasteiger partial charge is 0.258 e. The third kappa shape index (κ3) is 4.44. The van der Waals surface area contributed by atoms with Crippen LogP contribution >= 0.6 is 0 Å². The van der Waals surface area contributed by atoms with Gasteiger partial charge in [0.15, 0.2) is 0 Å². The fourth-order valence-corrected chi connectivity index (χ4v) is 3.71. The average molecular weight is 413 g/mol. The van der Waals surface area contributed by atoms with Crippen molar-refractivity contribution in [3.8, 4) is 0 Å². The largest absolute Gasteiger partial charge is 0.769 e. The quantitative estimate of drug-likeness (QED) is 0.687. The van der Waals surface area contributed by atoms with Crippen LogP contribution in [0, 0.1) is 10.4 Å². The number of amides is 1. The number of nitrogens with zero attached hydrogens (tertiary/aromatic N) is 3. The van der Waals surface area contributed by atoms with Crippen molar-refractivity contribution >= 4 is 28.8 Å². The molecule has 1 atom stereocenters. The van der Waals surface area contributed by atoms with Gasteiger partial charge in [0, 0.05) is 35.0 Å². The lowest BCUT2D eigenvalue weighted by molar-refractivity contribution is -0.116. The number of aryl methyl sites for hydroxylation is 1. The minimum absolute atomic E-state index is 0.00584. The lowest BCUT2D eigenvalue weighted by Crippen LogP contribution is -2.42. The Balaban J connectivity index is 2.04. The molecule has 0 saturated carbocycles. The topological polar surface area (TPSA) is 130 Å². The predicted octanol–water partition coefficient (Wildman–Crippen LogP) is 3.58. The van der Waals surface area contributed by atoms with Crippen molar-refractivity contribution in [3.05, 3.63) is 63.5 Å². The third-order valence-corrected chi connectivity index (χ3v) is 5.30. The van der Waals surface area contributed by atoms with Gasteiger partial charge >= 0.3 is 0 Å². The molecular formula is C21H23N3O6-2. The van der Waals surface area contributed by atoms with Gasteiger partial charge in [0.25, 0.3) is 5.91 Å². The molecule has 0 aliphatic carbocycles. The highest BCUT2D eigenvalue weighted by molar-refractivity contribution is 6.07. The highest BCUT2D eigenvalue weighted by atomic mass is 16.8. The fourth-order valence-electron chi connectivity index (χ4n) is 3.71. The van der Waals surface area contributed by atoms with Crippen molar-refractivity contribution in [2.75, 3.05) is 15.4 Å². The van der Waals surface area contributed by atoms with Gasteiger partial charge < -0.3 is 25.3 Å². The van der Waals surface area contributed by atoms with Gasteiger partial charge in [0.2, 0.25) is 0 Å². The zero-order chi connectivity index (χ0) is 22.0. The van der Waals surface area contributed by atoms with Crippen LogP contribution in [0.1, 0.15) is 48.2 Å². The van der Waals surface area contributed by atoms with E-state index in [4.69, 9.17) is 0 Å². The van der Waals surface area contributed by atoms with Gasteiger partial charge in [-0.05, 0) is 75.1 Å². The standard InChI is InChI=1S/C21H23N3O6/c1-13-3-10-18-19(11-15(5-4-14(2)25)12-20(18)24(29)30)22(13)21(26)16-6-8-17(9-7-16)23(27)28/h6-9,11-13,29-30H,3-5,10H2,1-2H3/q-2/t13-/m0/s1. The van der Waals surface area contributed by atoms with Crippen LogP contribution in [0.25, 0.3) is 0 Å². The van der Waals surface area contributed by atoms with Crippen LogP contribution in [0.2, 0.25) is 0 Å². The number of carbonyl (C=O) groups is 2. The van der Waals surface area contributed by atoms with Gasteiger partial charge in [-0.15, -0.1) is 5.23 Å². The monoisotopic (exact) mass is 413 g/mol. The van der Waals surface area contributed by atoms with Crippen molar-refractivity contribution in [3.63, 3.8) is 0 Å². The van der Waals surface area contributed by atoms with E-state index in [1.54, 1.807) is 17.0 Å². The van der Waals surface area contributed by atoms with Crippen LogP contribution in [-0.4, -0.2) is 28.1 Å². The molecule has 0 bridgehead atoms. The first-order valence-corrected chi connectivity index (χ1v) is 9.60. The normalized spacial score (nSPS) is 15.5. The second-order valence-electron chi connectivity index (χ2n) is 7.47. The summed E-state index contributed by atoms with van der Waals surface area (Å²) in [5.74, 6) is -0.332. The SMILES string of the molecule is CC(=O)CCc1cc(N(O)O)c2c(c1)N(C(=O)c1ccc(N([O-])[O-])cc1)[C@@H](C)CC2. The molecule has 2 aromatic carbocycles. The Bertz CT molecular complexity index is 943. The van der Waals surface area contributed by atoms with E-state index in [1.807, 2.05) is 6.92 Å². The van der Waals surface area contributed by atoms with Crippen LogP contribution in [-0.2, 0) is 17.6 Å². The van der Waals surface area contributed by atoms with Gasteiger partial charge in [0.1, 0.15) is 5.78 Å². The summed E-state index contributed by atoms with van der Waals surface area (Å²) in [5.41, 5.74) is 2.20. The summed E-state index contributed by atoms with van der Waals surface area (Å²) in [6.45, 7) is 3.38. The van der Waals surface area contributed by atoms with E-state index < -0.39 is 5.23 Å². The molecule has 2 N–H and O–H groups in total. The van der Waals surface area contributed by atoms with E-state index in [0.29, 0.717) is 48.1 Å². The molecule has 0 unspecified atom stereocenters. The second kappa shape index (κ2) is 8.80. The first kappa shape index (κ1) is 21.7. The molecule has 0 radical (unpaired) electrons. The maximum Gasteiger partial charge on any atom is 0.258 e. The van der Waals surface area contributed by atoms with Gasteiger partial charge in [0.05, 0.1) is 5.69 Å². The lowest BCUT2D eigenvalue weighted by Gasteiger charge is -2.38. The van der Waals surface area contributed by atoms with E-state index >= 15 is 0 Å². The van der Waals surface area contributed by atoms with Crippen molar-refractivity contribution < 1.29 is 20.0 Å². The zero-order valence-corrected chi connectivity index (χ0v) is 16.7. The minimum atomic E-state index is -0.530. The van der Waals surface area contributed by atoms with E-state index in [0.717, 1.165) is 0 Å². The van der Waals surface area contributed by atoms with Crippen LogP contribution in [0.5, 0.6) is 0 Å². The maximum atomic E-state index is 13.3. The van der Waals surface area contributed by atoms with Gasteiger partial charge in [-0.2, -0.15) is 0 Å². The highest BCUT2D eigenvalue weighted by Gasteiger charge is 2.32. The van der Waals surface area contributed by atoms with E-state index in [9.17, 15) is 30.4 Å². The van der Waals surface area contributed by atoms with E-state index in [1.165, 1.54) is 31.2 Å². The Morgan fingerprint density at radius 3 is 2.40 bits per heavy atom. The highest BCUT2D eigenvalue weighted by Crippen LogP contribution is 2.39. The Kier molecular flexibility index (Phi) is 6.37. The molecule has 1 aliphatic heterocycles. The number of benzene rings is 2. The number of rotatable bonds is 6. The van der Waals surface area contributed by atoms with Gasteiger partial charge in [-0.25, -0.2) is 0 Å². The summed E-state index contributed by atoms with van der Waals surface area (Å²) in [6, 6.07) is 8.61. The molecule has 30 heavy (non-hydrogen) atoms. The number of ketones is 1. The number of carbonyl (C=O) groups excluding carboxylic acids is 2. The molecule has 3 rings (SSSR count). The Hall–Kier alpha value is -2.98. The lowest BCUT2D eigenvalue weighted by atomic mass is 9.91. The van der Waals surface area contributed by atoms with Crippen molar-refractivity contribution in [1.29, 1.82) is 0 Å². The average Bonchev–Trinajstić information content (AvgIpc) is 2.71. The van der Waals surface area contributed by atoms with Gasteiger partial charge in [-0.1, -0.05) is 0 Å². The Labute approximate surface area is 173 Å². The molecule has 0 spiro atoms. The summed E-state index contributed by atoms with van der Waals surface area (Å²) in [5, 5.41) is 40.7. The van der Waals surface area contributed by atoms with E-state index in [-0.39, 0.29) is 34.3 Å². The van der Waals surface area contributed by atoms with Crippen molar-refractivity contribution in [2.24, 2.45) is 0 Å². The summed E-state index contributed by atoms with van der Waals surface area (Å²) in [6.07, 6.45) is 1.85. The molecule has 9 nitrogen and oxygen atoms in total. The fraction of sp³-hybridized carbons (Fsp3) is 0.333. The molecule has 0 fully saturated rings. The molecule has 1 aliphatic rings. The molecular weight excluding hydrogens is 390 g/mol. The maximum absolute atomic E-state index is 13.3. The van der Waals surface area contributed by atoms with Crippen LogP contribution in [0.3, 0.4) is 0 Å². The summed E-state index contributed by atoms with van der Waals surface area (Å²) < 4.78 is 0. The van der Waals surface area contributed by atoms with Crippen LogP contribution in [0.4, 0.5) is 17.1 Å². The Morgan fingerprint density at radius 2 is 1.83 bits per heavy atom. The first-order chi connectivity index (χ1) is 14.2. The molecule has 9 heteroatoms. The molecule has 1 amide bonds. The van der Waals surface area contributed by atoms with Crippen molar-refractivity contribution in [1.82, 2.24) is 0 Å². The third-order valence-electron chi connectivity index (χ3n) is 5.30. The molecule has 1 heterocycles. The number of hydrogen-bond acceptors (Lipinski definition) is 8. The van der Waals surface area contributed by atoms with Crippen LogP contribution in [0.15, 0.2) is 36.4 Å². The summed E-state index contributed by atoms with van der Waals surface area (Å²) in [7, 11) is 0. The number of fused-ring (bicyclic) bond motifs is 1. The molecule has 2 aromatic rings. The second-order valence-corrected chi connectivity index (χ2v) is 7.47. The van der Waals surface area contributed by atoms with Crippen molar-refractivity contribution in [2.45, 2.75) is 45.6 Å². The molecule has 160 valence electrons. The molecule has 0 aromatic heterocycles. The summed E-state index contributed by atoms with van der Waals surface area (Å²) >= 11 is 0. The summed E-state index contributed by atoms with van der Waals surface area (Å²) in [4.78, 5) is 26.2.